The first-order valence-corrected chi connectivity index (χ1v) is 18.7. The van der Waals surface area contributed by atoms with E-state index in [-0.39, 0.29) is 64.2 Å². The van der Waals surface area contributed by atoms with Crippen LogP contribution in [0.3, 0.4) is 0 Å². The third kappa shape index (κ3) is 8.55. The Morgan fingerprint density at radius 2 is 1.90 bits per heavy atom. The molecule has 48 heavy (non-hydrogen) atoms. The number of imidazole rings is 1. The molecule has 0 spiro atoms. The van der Waals surface area contributed by atoms with Crippen molar-refractivity contribution in [2.45, 2.75) is 82.1 Å². The summed E-state index contributed by atoms with van der Waals surface area (Å²) in [6.45, 7) is 8.54. The van der Waals surface area contributed by atoms with Crippen molar-refractivity contribution in [3.8, 4) is 5.75 Å². The van der Waals surface area contributed by atoms with E-state index >= 15 is 0 Å². The van der Waals surface area contributed by atoms with Crippen molar-refractivity contribution in [2.75, 3.05) is 38.1 Å². The van der Waals surface area contributed by atoms with Crippen LogP contribution in [-0.4, -0.2) is 103 Å². The van der Waals surface area contributed by atoms with Gasteiger partial charge < -0.3 is 28.6 Å². The van der Waals surface area contributed by atoms with Gasteiger partial charge in [0.15, 0.2) is 15.7 Å². The number of amides is 1. The van der Waals surface area contributed by atoms with Gasteiger partial charge in [-0.05, 0) is 65.2 Å². The number of carbonyl (C=O) groups excluding carboxylic acids is 1. The third-order valence-electron chi connectivity index (χ3n) is 8.33. The van der Waals surface area contributed by atoms with Crippen molar-refractivity contribution in [2.24, 2.45) is 13.0 Å². The zero-order chi connectivity index (χ0) is 35.4. The number of likely N-dealkylation sites (N-methyl/N-ethyl adjacent to an activating group) is 1. The van der Waals surface area contributed by atoms with Crippen LogP contribution in [0.5, 0.6) is 5.75 Å². The SMILES string of the molecule is Cc1noc(C)c1S(=O)(=O)Nc1ccc2c(c1)C(=O)N([C@H](C)CO)C[C@@H](C)[C@@H](CN(C)S(=O)(=O)c1cn(C)cn1)OCCCC[C@H](C)O2. The Bertz CT molecular complexity index is 1770. The minimum absolute atomic E-state index is 0.000653. The Labute approximate surface area is 282 Å². The van der Waals surface area contributed by atoms with Gasteiger partial charge in [0, 0.05) is 51.6 Å². The van der Waals surface area contributed by atoms with Crippen molar-refractivity contribution in [1.82, 2.24) is 23.9 Å². The van der Waals surface area contributed by atoms with Crippen LogP contribution in [0.25, 0.3) is 0 Å². The zero-order valence-electron chi connectivity index (χ0n) is 28.4. The molecule has 2 aromatic heterocycles. The van der Waals surface area contributed by atoms with E-state index in [4.69, 9.17) is 14.0 Å². The van der Waals surface area contributed by atoms with Crippen LogP contribution < -0.4 is 9.46 Å². The fourth-order valence-electron chi connectivity index (χ4n) is 5.55. The topological polar surface area (TPSA) is 186 Å². The molecule has 4 atom stereocenters. The van der Waals surface area contributed by atoms with Crippen molar-refractivity contribution in [1.29, 1.82) is 0 Å². The molecule has 0 radical (unpaired) electrons. The molecule has 0 unspecified atom stereocenters. The summed E-state index contributed by atoms with van der Waals surface area (Å²) >= 11 is 0. The Morgan fingerprint density at radius 1 is 1.17 bits per heavy atom. The highest BCUT2D eigenvalue weighted by molar-refractivity contribution is 7.92. The van der Waals surface area contributed by atoms with Gasteiger partial charge >= 0.3 is 0 Å². The van der Waals surface area contributed by atoms with Gasteiger partial charge in [0.05, 0.1) is 36.7 Å². The molecule has 3 heterocycles. The van der Waals surface area contributed by atoms with E-state index in [2.05, 4.69) is 14.9 Å². The summed E-state index contributed by atoms with van der Waals surface area (Å²) in [7, 11) is -4.89. The predicted octanol–water partition coefficient (Wildman–Crippen LogP) is 2.94. The quantitative estimate of drug-likeness (QED) is 0.333. The number of carbonyl (C=O) groups is 1. The molecule has 0 bridgehead atoms. The van der Waals surface area contributed by atoms with Gasteiger partial charge in [0.25, 0.3) is 26.0 Å². The minimum Gasteiger partial charge on any atom is -0.490 e. The number of sulfonamides is 2. The fraction of sp³-hybridized carbons (Fsp3) is 0.581. The number of nitrogens with zero attached hydrogens (tertiary/aromatic N) is 5. The smallest absolute Gasteiger partial charge is 0.267 e. The number of ether oxygens (including phenoxy) is 2. The van der Waals surface area contributed by atoms with Crippen molar-refractivity contribution in [3.63, 3.8) is 0 Å². The standard InChI is InChI=1S/C31H46N6O9S2/c1-20-15-37(21(2)18-38)31(39)26-14-25(34-47(40,41)30-23(4)33-46-24(30)5)11-12-27(26)45-22(3)10-8-9-13-44-28(20)16-36(7)48(42,43)29-17-35(6)19-32-29/h11-12,14,17,19-22,28,34,38H,8-10,13,15-16,18H2,1-7H3/t20-,21-,22+,28-/m1/s1. The van der Waals surface area contributed by atoms with E-state index in [9.17, 15) is 26.7 Å². The molecule has 0 aliphatic carbocycles. The van der Waals surface area contributed by atoms with E-state index in [1.807, 2.05) is 13.8 Å². The molecule has 0 saturated heterocycles. The highest BCUT2D eigenvalue weighted by Crippen LogP contribution is 2.30. The maximum atomic E-state index is 14.4. The molecule has 1 aromatic carbocycles. The molecule has 15 nitrogen and oxygen atoms in total. The van der Waals surface area contributed by atoms with Gasteiger partial charge in [-0.2, -0.15) is 4.31 Å². The van der Waals surface area contributed by atoms with Crippen LogP contribution in [0.15, 0.2) is 45.2 Å². The predicted molar refractivity (Wildman–Crippen MR) is 177 cm³/mol. The zero-order valence-corrected chi connectivity index (χ0v) is 30.0. The number of benzene rings is 1. The number of rotatable bonds is 9. The number of aryl methyl sites for hydroxylation is 3. The van der Waals surface area contributed by atoms with Crippen LogP contribution in [0.4, 0.5) is 5.69 Å². The van der Waals surface area contributed by atoms with E-state index in [0.717, 1.165) is 6.42 Å². The fourth-order valence-corrected chi connectivity index (χ4v) is 8.07. The second kappa shape index (κ2) is 15.4. The lowest BCUT2D eigenvalue weighted by Crippen LogP contribution is -2.48. The second-order valence-corrected chi connectivity index (χ2v) is 16.0. The van der Waals surface area contributed by atoms with Crippen LogP contribution in [0.1, 0.15) is 61.8 Å². The normalized spacial score (nSPS) is 21.0. The molecule has 1 aliphatic rings. The summed E-state index contributed by atoms with van der Waals surface area (Å²) in [6.07, 6.45) is 4.02. The molecular formula is C31H46N6O9S2. The average Bonchev–Trinajstić information content (AvgIpc) is 3.63. The number of fused-ring (bicyclic) bond motifs is 1. The maximum absolute atomic E-state index is 14.4. The highest BCUT2D eigenvalue weighted by Gasteiger charge is 2.33. The number of aliphatic hydroxyl groups excluding tert-OH is 1. The van der Waals surface area contributed by atoms with Gasteiger partial charge in [0.2, 0.25) is 0 Å². The first-order valence-electron chi connectivity index (χ1n) is 15.8. The lowest BCUT2D eigenvalue weighted by molar-refractivity contribution is -0.00835. The van der Waals surface area contributed by atoms with Gasteiger partial charge in [-0.1, -0.05) is 12.1 Å². The van der Waals surface area contributed by atoms with Crippen LogP contribution in [0.2, 0.25) is 0 Å². The first kappa shape index (κ1) is 37.3. The number of anilines is 1. The highest BCUT2D eigenvalue weighted by atomic mass is 32.2. The number of aromatic nitrogens is 3. The number of aliphatic hydroxyl groups is 1. The lowest BCUT2D eigenvalue weighted by Gasteiger charge is -2.35. The molecule has 3 aromatic rings. The third-order valence-corrected chi connectivity index (χ3v) is 11.7. The van der Waals surface area contributed by atoms with E-state index < -0.39 is 44.0 Å². The molecule has 266 valence electrons. The van der Waals surface area contributed by atoms with Gasteiger partial charge in [-0.3, -0.25) is 9.52 Å². The maximum Gasteiger partial charge on any atom is 0.267 e. The molecular weight excluding hydrogens is 665 g/mol. The van der Waals surface area contributed by atoms with E-state index in [1.165, 1.54) is 54.8 Å². The second-order valence-electron chi connectivity index (χ2n) is 12.4. The first-order chi connectivity index (χ1) is 22.5. The van der Waals surface area contributed by atoms with Gasteiger partial charge in [0.1, 0.15) is 11.4 Å². The molecule has 17 heteroatoms. The van der Waals surface area contributed by atoms with Crippen LogP contribution in [-0.2, 0) is 31.8 Å². The number of nitrogens with one attached hydrogen (secondary N) is 1. The minimum atomic E-state index is -4.12. The van der Waals surface area contributed by atoms with Gasteiger partial charge in [-0.15, -0.1) is 0 Å². The Kier molecular flexibility index (Phi) is 11.9. The molecule has 0 fully saturated rings. The van der Waals surface area contributed by atoms with Crippen molar-refractivity contribution in [3.05, 3.63) is 47.7 Å². The van der Waals surface area contributed by atoms with Crippen molar-refractivity contribution < 1.29 is 40.7 Å². The van der Waals surface area contributed by atoms with Crippen molar-refractivity contribution >= 4 is 31.6 Å². The summed E-state index contributed by atoms with van der Waals surface area (Å²) in [5.41, 5.74) is 0.406. The Balaban J connectivity index is 1.69. The molecule has 1 aliphatic heterocycles. The summed E-state index contributed by atoms with van der Waals surface area (Å²) in [5.74, 6) is -0.508. The number of hydrogen-bond donors (Lipinski definition) is 2. The largest absolute Gasteiger partial charge is 0.490 e. The summed E-state index contributed by atoms with van der Waals surface area (Å²) in [6, 6.07) is 3.82. The lowest BCUT2D eigenvalue weighted by atomic mass is 10.0. The Morgan fingerprint density at radius 3 is 2.52 bits per heavy atom. The van der Waals surface area contributed by atoms with Crippen LogP contribution in [0, 0.1) is 19.8 Å². The Hall–Kier alpha value is -3.51. The molecule has 0 saturated carbocycles. The summed E-state index contributed by atoms with van der Waals surface area (Å²) in [5, 5.41) is 13.9. The molecule has 4 rings (SSSR count). The van der Waals surface area contributed by atoms with E-state index in [1.54, 1.807) is 24.6 Å². The summed E-state index contributed by atoms with van der Waals surface area (Å²) in [4.78, 5) is 19.8. The average molecular weight is 711 g/mol. The van der Waals surface area contributed by atoms with E-state index in [0.29, 0.717) is 19.4 Å². The molecule has 2 N–H and O–H groups in total. The van der Waals surface area contributed by atoms with Crippen LogP contribution >= 0.6 is 0 Å². The molecule has 1 amide bonds. The number of hydrogen-bond acceptors (Lipinski definition) is 11. The van der Waals surface area contributed by atoms with Gasteiger partial charge in [-0.25, -0.2) is 21.8 Å². The monoisotopic (exact) mass is 710 g/mol. The summed E-state index contributed by atoms with van der Waals surface area (Å²) < 4.78 is 76.0.